The molecule has 1 aromatic heterocycles. The summed E-state index contributed by atoms with van der Waals surface area (Å²) in [6.07, 6.45) is 1.06. The number of benzene rings is 1. The largest absolute Gasteiger partial charge is 0.490 e. The third kappa shape index (κ3) is 6.51. The van der Waals surface area contributed by atoms with E-state index in [1.165, 1.54) is 0 Å². The smallest absolute Gasteiger partial charge is 0.339 e. The molecule has 1 N–H and O–H groups in total. The van der Waals surface area contributed by atoms with Gasteiger partial charge in [-0.3, -0.25) is 4.79 Å². The standard InChI is InChI=1S/C21H28N2O6/c1-5-8-9-17(20(24)22-19-12-14(4)29-23-19)28-21(25)15-10-11-16(26-6-2)18(13-15)27-7-3/h10-13,17H,5-9H2,1-4H3,(H,22,23,24). The number of esters is 1. The summed E-state index contributed by atoms with van der Waals surface area (Å²) in [5, 5.41) is 6.36. The molecule has 2 rings (SSSR count). The molecule has 2 aromatic rings. The maximum Gasteiger partial charge on any atom is 0.339 e. The van der Waals surface area contributed by atoms with Crippen LogP contribution in [0.1, 0.15) is 56.2 Å². The zero-order valence-electron chi connectivity index (χ0n) is 17.3. The summed E-state index contributed by atoms with van der Waals surface area (Å²) in [6, 6.07) is 6.40. The fraction of sp³-hybridized carbons (Fsp3) is 0.476. The number of unbranched alkanes of at least 4 members (excludes halogenated alkanes) is 1. The summed E-state index contributed by atoms with van der Waals surface area (Å²) in [5.74, 6) is 0.798. The van der Waals surface area contributed by atoms with Gasteiger partial charge in [-0.05, 0) is 51.8 Å². The molecule has 1 atom stereocenters. The van der Waals surface area contributed by atoms with Crippen LogP contribution in [0.2, 0.25) is 0 Å². The van der Waals surface area contributed by atoms with Crippen molar-refractivity contribution in [1.82, 2.24) is 5.16 Å². The van der Waals surface area contributed by atoms with Crippen LogP contribution in [0, 0.1) is 6.92 Å². The highest BCUT2D eigenvalue weighted by atomic mass is 16.5. The van der Waals surface area contributed by atoms with Crippen LogP contribution in [0.25, 0.3) is 0 Å². The molecule has 0 saturated heterocycles. The molecule has 0 spiro atoms. The first-order valence-electron chi connectivity index (χ1n) is 9.83. The van der Waals surface area contributed by atoms with Gasteiger partial charge >= 0.3 is 5.97 Å². The summed E-state index contributed by atoms with van der Waals surface area (Å²) < 4.78 is 21.5. The average Bonchev–Trinajstić information content (AvgIpc) is 3.11. The molecule has 0 fully saturated rings. The maximum absolute atomic E-state index is 12.7. The SMILES string of the molecule is CCCCC(OC(=O)c1ccc(OCC)c(OCC)c1)C(=O)Nc1cc(C)on1. The first-order chi connectivity index (χ1) is 14.0. The molecule has 0 aliphatic heterocycles. The highest BCUT2D eigenvalue weighted by molar-refractivity contribution is 5.97. The predicted octanol–water partition coefficient (Wildman–Crippen LogP) is 4.13. The zero-order chi connectivity index (χ0) is 21.2. The highest BCUT2D eigenvalue weighted by Crippen LogP contribution is 2.29. The topological polar surface area (TPSA) is 99.9 Å². The second-order valence-electron chi connectivity index (χ2n) is 6.38. The molecule has 158 valence electrons. The van der Waals surface area contributed by atoms with Gasteiger partial charge in [-0.2, -0.15) is 0 Å². The summed E-state index contributed by atoms with van der Waals surface area (Å²) in [7, 11) is 0. The lowest BCUT2D eigenvalue weighted by Gasteiger charge is -2.17. The highest BCUT2D eigenvalue weighted by Gasteiger charge is 2.25. The molecule has 1 aromatic carbocycles. The van der Waals surface area contributed by atoms with Gasteiger partial charge in [0.1, 0.15) is 5.76 Å². The normalized spacial score (nSPS) is 11.6. The monoisotopic (exact) mass is 404 g/mol. The molecular formula is C21H28N2O6. The molecule has 0 saturated carbocycles. The van der Waals surface area contributed by atoms with E-state index in [0.717, 1.165) is 12.8 Å². The number of amides is 1. The van der Waals surface area contributed by atoms with Crippen LogP contribution in [0.5, 0.6) is 11.5 Å². The van der Waals surface area contributed by atoms with E-state index in [4.69, 9.17) is 18.7 Å². The van der Waals surface area contributed by atoms with Gasteiger partial charge in [0.15, 0.2) is 23.4 Å². The zero-order valence-corrected chi connectivity index (χ0v) is 17.3. The van der Waals surface area contributed by atoms with E-state index >= 15 is 0 Å². The summed E-state index contributed by atoms with van der Waals surface area (Å²) >= 11 is 0. The number of carbonyl (C=O) groups excluding carboxylic acids is 2. The van der Waals surface area contributed by atoms with Crippen molar-refractivity contribution in [3.63, 3.8) is 0 Å². The number of nitrogens with zero attached hydrogens (tertiary/aromatic N) is 1. The van der Waals surface area contributed by atoms with Gasteiger partial charge in [-0.25, -0.2) is 4.79 Å². The molecule has 1 heterocycles. The predicted molar refractivity (Wildman–Crippen MR) is 107 cm³/mol. The van der Waals surface area contributed by atoms with Crippen LogP contribution in [0.3, 0.4) is 0 Å². The van der Waals surface area contributed by atoms with Gasteiger partial charge in [0, 0.05) is 6.07 Å². The van der Waals surface area contributed by atoms with Crippen molar-refractivity contribution in [3.8, 4) is 11.5 Å². The lowest BCUT2D eigenvalue weighted by molar-refractivity contribution is -0.125. The number of anilines is 1. The number of nitrogens with one attached hydrogen (secondary N) is 1. The fourth-order valence-corrected chi connectivity index (χ4v) is 2.64. The van der Waals surface area contributed by atoms with Crippen LogP contribution in [0.4, 0.5) is 5.82 Å². The number of ether oxygens (including phenoxy) is 3. The third-order valence-electron chi connectivity index (χ3n) is 4.02. The van der Waals surface area contributed by atoms with E-state index in [1.54, 1.807) is 31.2 Å². The number of aryl methyl sites for hydroxylation is 1. The molecule has 0 bridgehead atoms. The van der Waals surface area contributed by atoms with Crippen LogP contribution in [0.15, 0.2) is 28.8 Å². The molecule has 29 heavy (non-hydrogen) atoms. The Kier molecular flexibility index (Phi) is 8.51. The summed E-state index contributed by atoms with van der Waals surface area (Å²) in [5.41, 5.74) is 0.281. The molecule has 0 radical (unpaired) electrons. The van der Waals surface area contributed by atoms with Gasteiger partial charge in [0.05, 0.1) is 18.8 Å². The van der Waals surface area contributed by atoms with E-state index in [1.807, 2.05) is 20.8 Å². The van der Waals surface area contributed by atoms with Gasteiger partial charge in [-0.15, -0.1) is 0 Å². The van der Waals surface area contributed by atoms with Crippen molar-refractivity contribution < 1.29 is 28.3 Å². The maximum atomic E-state index is 12.7. The Bertz CT molecular complexity index is 817. The van der Waals surface area contributed by atoms with E-state index < -0.39 is 18.0 Å². The molecular weight excluding hydrogens is 376 g/mol. The first kappa shape index (κ1) is 22.3. The molecule has 0 aliphatic rings. The molecule has 8 nitrogen and oxygen atoms in total. The van der Waals surface area contributed by atoms with Crippen LogP contribution in [-0.2, 0) is 9.53 Å². The second kappa shape index (κ2) is 11.1. The minimum atomic E-state index is -0.943. The molecule has 8 heteroatoms. The van der Waals surface area contributed by atoms with E-state index in [9.17, 15) is 9.59 Å². The number of aromatic nitrogens is 1. The number of carbonyl (C=O) groups is 2. The fourth-order valence-electron chi connectivity index (χ4n) is 2.64. The Labute approximate surface area is 170 Å². The van der Waals surface area contributed by atoms with Crippen molar-refractivity contribution in [3.05, 3.63) is 35.6 Å². The van der Waals surface area contributed by atoms with Gasteiger partial charge in [0.25, 0.3) is 5.91 Å². The third-order valence-corrected chi connectivity index (χ3v) is 4.02. The number of rotatable bonds is 11. The van der Waals surface area contributed by atoms with Gasteiger partial charge < -0.3 is 24.1 Å². The molecule has 1 unspecified atom stereocenters. The van der Waals surface area contributed by atoms with Crippen molar-refractivity contribution in [2.75, 3.05) is 18.5 Å². The van der Waals surface area contributed by atoms with Gasteiger partial charge in [-0.1, -0.05) is 18.5 Å². The van der Waals surface area contributed by atoms with Crippen LogP contribution in [-0.4, -0.2) is 36.4 Å². The summed E-state index contributed by atoms with van der Waals surface area (Å²) in [4.78, 5) is 25.3. The van der Waals surface area contributed by atoms with Crippen molar-refractivity contribution in [2.24, 2.45) is 0 Å². The Hall–Kier alpha value is -3.03. The Morgan fingerprint density at radius 1 is 1.10 bits per heavy atom. The Balaban J connectivity index is 2.13. The minimum Gasteiger partial charge on any atom is -0.490 e. The second-order valence-corrected chi connectivity index (χ2v) is 6.38. The van der Waals surface area contributed by atoms with E-state index in [0.29, 0.717) is 36.9 Å². The lowest BCUT2D eigenvalue weighted by Crippen LogP contribution is -2.32. The van der Waals surface area contributed by atoms with Crippen LogP contribution < -0.4 is 14.8 Å². The Morgan fingerprint density at radius 2 is 1.83 bits per heavy atom. The number of hydrogen-bond donors (Lipinski definition) is 1. The lowest BCUT2D eigenvalue weighted by atomic mass is 10.1. The minimum absolute atomic E-state index is 0.281. The Morgan fingerprint density at radius 3 is 2.45 bits per heavy atom. The average molecular weight is 404 g/mol. The van der Waals surface area contributed by atoms with Crippen molar-refractivity contribution in [1.29, 1.82) is 0 Å². The molecule has 0 aliphatic carbocycles. The first-order valence-corrected chi connectivity index (χ1v) is 9.83. The summed E-state index contributed by atoms with van der Waals surface area (Å²) in [6.45, 7) is 8.34. The van der Waals surface area contributed by atoms with Gasteiger partial charge in [0.2, 0.25) is 0 Å². The van der Waals surface area contributed by atoms with E-state index in [-0.39, 0.29) is 11.4 Å². The van der Waals surface area contributed by atoms with Crippen LogP contribution >= 0.6 is 0 Å². The van der Waals surface area contributed by atoms with Crippen molar-refractivity contribution >= 4 is 17.7 Å². The van der Waals surface area contributed by atoms with Crippen molar-refractivity contribution in [2.45, 2.75) is 53.1 Å². The van der Waals surface area contributed by atoms with E-state index in [2.05, 4.69) is 10.5 Å². The quantitative estimate of drug-likeness (QED) is 0.562. The number of hydrogen-bond acceptors (Lipinski definition) is 7. The molecule has 1 amide bonds.